The molecule has 2 nitrogen and oxygen atoms in total. The van der Waals surface area contributed by atoms with Gasteiger partial charge >= 0.3 is 0 Å². The van der Waals surface area contributed by atoms with Crippen molar-refractivity contribution in [2.75, 3.05) is 6.61 Å². The third kappa shape index (κ3) is 1.56. The van der Waals surface area contributed by atoms with Crippen LogP contribution in [0.3, 0.4) is 0 Å². The van der Waals surface area contributed by atoms with Crippen LogP contribution in [0.25, 0.3) is 11.0 Å². The Morgan fingerprint density at radius 1 is 1.39 bits per heavy atom. The van der Waals surface area contributed by atoms with E-state index in [-0.39, 0.29) is 13.0 Å². The van der Waals surface area contributed by atoms with E-state index in [1.54, 1.807) is 31.2 Å². The van der Waals surface area contributed by atoms with Crippen molar-refractivity contribution in [3.63, 3.8) is 0 Å². The highest BCUT2D eigenvalue weighted by atomic mass is 19.3. The summed E-state index contributed by atoms with van der Waals surface area (Å²) in [6, 6.07) is 7.06. The lowest BCUT2D eigenvalue weighted by molar-refractivity contribution is 0.0872. The number of fused-ring (bicyclic) bond motifs is 1. The normalized spacial score (nSPS) is 25.6. The average molecular weight is 252 g/mol. The lowest BCUT2D eigenvalue weighted by Gasteiger charge is -2.00. The highest BCUT2D eigenvalue weighted by Gasteiger charge is 2.68. The minimum Gasteiger partial charge on any atom is -0.461 e. The summed E-state index contributed by atoms with van der Waals surface area (Å²) >= 11 is 0. The van der Waals surface area contributed by atoms with Gasteiger partial charge in [0.2, 0.25) is 0 Å². The number of alkyl halides is 2. The van der Waals surface area contributed by atoms with Crippen LogP contribution in [0.4, 0.5) is 8.78 Å². The van der Waals surface area contributed by atoms with E-state index in [2.05, 4.69) is 0 Å². The predicted molar refractivity (Wildman–Crippen MR) is 63.8 cm³/mol. The average Bonchev–Trinajstić information content (AvgIpc) is 2.68. The van der Waals surface area contributed by atoms with Crippen molar-refractivity contribution in [2.45, 2.75) is 25.2 Å². The van der Waals surface area contributed by atoms with Gasteiger partial charge in [-0.25, -0.2) is 8.78 Å². The quantitative estimate of drug-likeness (QED) is 0.907. The molecule has 18 heavy (non-hydrogen) atoms. The van der Waals surface area contributed by atoms with Crippen LogP contribution >= 0.6 is 0 Å². The third-order valence-electron chi connectivity index (χ3n) is 3.70. The summed E-state index contributed by atoms with van der Waals surface area (Å²) in [4.78, 5) is 0. The Morgan fingerprint density at radius 2 is 2.17 bits per heavy atom. The van der Waals surface area contributed by atoms with Gasteiger partial charge in [-0.1, -0.05) is 12.1 Å². The molecular formula is C14H14F2O2. The summed E-state index contributed by atoms with van der Waals surface area (Å²) in [6.07, 6.45) is 0.144. The topological polar surface area (TPSA) is 33.4 Å². The molecule has 0 saturated heterocycles. The van der Waals surface area contributed by atoms with Gasteiger partial charge in [0.05, 0.1) is 5.92 Å². The summed E-state index contributed by atoms with van der Waals surface area (Å²) in [6.45, 7) is 1.61. The molecule has 1 aliphatic carbocycles. The van der Waals surface area contributed by atoms with Crippen LogP contribution in [-0.4, -0.2) is 17.6 Å². The molecule has 1 saturated carbocycles. The lowest BCUT2D eigenvalue weighted by atomic mass is 10.0. The standard InChI is InChI=1S/C14H14F2O2/c1-8-7-10-9(3-2-4-12(10)18-8)13-11(5-6-17)14(13,15)16/h2-4,7,11,13,17H,5-6H2,1H3. The van der Waals surface area contributed by atoms with Gasteiger partial charge in [0.25, 0.3) is 5.92 Å². The molecule has 2 unspecified atom stereocenters. The van der Waals surface area contributed by atoms with Gasteiger partial charge in [0.1, 0.15) is 11.3 Å². The first-order valence-electron chi connectivity index (χ1n) is 6.03. The molecular weight excluding hydrogens is 238 g/mol. The smallest absolute Gasteiger partial charge is 0.259 e. The Kier molecular flexibility index (Phi) is 2.45. The lowest BCUT2D eigenvalue weighted by Crippen LogP contribution is -1.96. The van der Waals surface area contributed by atoms with E-state index in [0.717, 1.165) is 11.1 Å². The molecule has 96 valence electrons. The number of hydrogen-bond donors (Lipinski definition) is 1. The minimum absolute atomic E-state index is 0.144. The molecule has 2 atom stereocenters. The van der Waals surface area contributed by atoms with Crippen molar-refractivity contribution in [1.82, 2.24) is 0 Å². The zero-order valence-electron chi connectivity index (χ0n) is 9.99. The van der Waals surface area contributed by atoms with E-state index in [1.165, 1.54) is 0 Å². The number of aliphatic hydroxyl groups is 1. The third-order valence-corrected chi connectivity index (χ3v) is 3.70. The van der Waals surface area contributed by atoms with Crippen LogP contribution in [0, 0.1) is 12.8 Å². The van der Waals surface area contributed by atoms with Crippen molar-refractivity contribution in [1.29, 1.82) is 0 Å². The maximum absolute atomic E-state index is 13.7. The minimum atomic E-state index is -2.71. The van der Waals surface area contributed by atoms with Crippen LogP contribution in [0.1, 0.15) is 23.7 Å². The fourth-order valence-corrected chi connectivity index (χ4v) is 2.79. The van der Waals surface area contributed by atoms with Crippen molar-refractivity contribution in [3.8, 4) is 0 Å². The van der Waals surface area contributed by atoms with Crippen LogP contribution in [0.2, 0.25) is 0 Å². The van der Waals surface area contributed by atoms with Crippen molar-refractivity contribution in [3.05, 3.63) is 35.6 Å². The van der Waals surface area contributed by atoms with E-state index in [9.17, 15) is 8.78 Å². The number of benzene rings is 1. The van der Waals surface area contributed by atoms with Crippen LogP contribution < -0.4 is 0 Å². The second-order valence-corrected chi connectivity index (χ2v) is 4.89. The number of aliphatic hydroxyl groups excluding tert-OH is 1. The Balaban J connectivity index is 2.05. The van der Waals surface area contributed by atoms with Gasteiger partial charge in [-0.2, -0.15) is 0 Å². The molecule has 0 radical (unpaired) electrons. The maximum Gasteiger partial charge on any atom is 0.259 e. The summed E-state index contributed by atoms with van der Waals surface area (Å²) in [5.41, 5.74) is 1.28. The molecule has 1 N–H and O–H groups in total. The molecule has 4 heteroatoms. The number of aryl methyl sites for hydroxylation is 1. The van der Waals surface area contributed by atoms with Crippen molar-refractivity contribution in [2.24, 2.45) is 5.92 Å². The van der Waals surface area contributed by atoms with Gasteiger partial charge in [-0.05, 0) is 31.0 Å². The van der Waals surface area contributed by atoms with E-state index >= 15 is 0 Å². The van der Waals surface area contributed by atoms with E-state index in [4.69, 9.17) is 9.52 Å². The molecule has 2 aromatic rings. The summed E-state index contributed by atoms with van der Waals surface area (Å²) in [5, 5.41) is 9.60. The van der Waals surface area contributed by atoms with Crippen LogP contribution in [0.5, 0.6) is 0 Å². The molecule has 0 spiro atoms. The van der Waals surface area contributed by atoms with Gasteiger partial charge in [0.15, 0.2) is 0 Å². The van der Waals surface area contributed by atoms with E-state index in [1.807, 2.05) is 0 Å². The summed E-state index contributed by atoms with van der Waals surface area (Å²) in [5.74, 6) is -3.52. The highest BCUT2D eigenvalue weighted by Crippen LogP contribution is 2.63. The second kappa shape index (κ2) is 3.79. The van der Waals surface area contributed by atoms with Crippen molar-refractivity contribution < 1.29 is 18.3 Å². The zero-order valence-corrected chi connectivity index (χ0v) is 9.99. The van der Waals surface area contributed by atoms with Gasteiger partial charge in [0, 0.05) is 17.9 Å². The first-order chi connectivity index (χ1) is 8.55. The van der Waals surface area contributed by atoms with E-state index < -0.39 is 17.8 Å². The second-order valence-electron chi connectivity index (χ2n) is 4.89. The molecule has 0 amide bonds. The molecule has 1 aromatic heterocycles. The first kappa shape index (κ1) is 11.7. The fourth-order valence-electron chi connectivity index (χ4n) is 2.79. The SMILES string of the molecule is Cc1cc2c(C3C(CCO)C3(F)F)cccc2o1. The van der Waals surface area contributed by atoms with E-state index in [0.29, 0.717) is 11.1 Å². The van der Waals surface area contributed by atoms with Crippen LogP contribution in [-0.2, 0) is 0 Å². The number of hydrogen-bond acceptors (Lipinski definition) is 2. The molecule has 0 bridgehead atoms. The van der Waals surface area contributed by atoms with Crippen molar-refractivity contribution >= 4 is 11.0 Å². The Labute approximate surface area is 103 Å². The largest absolute Gasteiger partial charge is 0.461 e. The Hall–Kier alpha value is -1.42. The zero-order chi connectivity index (χ0) is 12.9. The number of furan rings is 1. The first-order valence-corrected chi connectivity index (χ1v) is 6.03. The fraction of sp³-hybridized carbons (Fsp3) is 0.429. The number of rotatable bonds is 3. The molecule has 1 heterocycles. The monoisotopic (exact) mass is 252 g/mol. The van der Waals surface area contributed by atoms with Gasteiger partial charge < -0.3 is 9.52 Å². The summed E-state index contributed by atoms with van der Waals surface area (Å²) < 4.78 is 32.9. The highest BCUT2D eigenvalue weighted by molar-refractivity contribution is 5.83. The van der Waals surface area contributed by atoms with Gasteiger partial charge in [-0.15, -0.1) is 0 Å². The molecule has 0 aliphatic heterocycles. The Bertz CT molecular complexity index is 588. The maximum atomic E-state index is 13.7. The molecule has 1 aromatic carbocycles. The summed E-state index contributed by atoms with van der Waals surface area (Å²) in [7, 11) is 0. The molecule has 3 rings (SSSR count). The molecule has 1 fully saturated rings. The van der Waals surface area contributed by atoms with Gasteiger partial charge in [-0.3, -0.25) is 0 Å². The Morgan fingerprint density at radius 3 is 2.89 bits per heavy atom. The van der Waals surface area contributed by atoms with Crippen LogP contribution in [0.15, 0.2) is 28.7 Å². The molecule has 1 aliphatic rings. The predicted octanol–water partition coefficient (Wildman–Crippen LogP) is 3.47. The number of halogens is 2.